The number of anilines is 1. The number of carbonyl (C=O) groups excluding carboxylic acids is 2. The minimum absolute atomic E-state index is 0.0126. The van der Waals surface area contributed by atoms with Gasteiger partial charge in [0.15, 0.2) is 0 Å². The molecule has 34 heavy (non-hydrogen) atoms. The van der Waals surface area contributed by atoms with Crippen molar-refractivity contribution in [1.82, 2.24) is 4.57 Å². The first-order chi connectivity index (χ1) is 16.2. The highest BCUT2D eigenvalue weighted by Crippen LogP contribution is 2.33. The van der Waals surface area contributed by atoms with Gasteiger partial charge in [-0.2, -0.15) is 0 Å². The van der Waals surface area contributed by atoms with Gasteiger partial charge in [0, 0.05) is 16.6 Å². The number of ether oxygens (including phenoxy) is 1. The Morgan fingerprint density at radius 3 is 2.32 bits per heavy atom. The van der Waals surface area contributed by atoms with Gasteiger partial charge in [-0.15, -0.1) is 0 Å². The molecule has 0 aliphatic heterocycles. The molecule has 0 radical (unpaired) electrons. The van der Waals surface area contributed by atoms with Crippen molar-refractivity contribution in [3.8, 4) is 0 Å². The van der Waals surface area contributed by atoms with Gasteiger partial charge in [-0.25, -0.2) is 13.2 Å². The summed E-state index contributed by atoms with van der Waals surface area (Å²) in [4.78, 5) is 25.7. The summed E-state index contributed by atoms with van der Waals surface area (Å²) in [5, 5.41) is 0.883. The molecule has 0 saturated heterocycles. The summed E-state index contributed by atoms with van der Waals surface area (Å²) in [6.45, 7) is -0.585. The molecule has 0 amide bonds. The monoisotopic (exact) mass is 516 g/mol. The Hall–Kier alpha value is -3.33. The second kappa shape index (κ2) is 9.50. The number of hydrogen-bond acceptors (Lipinski definition) is 5. The fraction of sp³-hybridized carbons (Fsp3) is 0.0833. The van der Waals surface area contributed by atoms with E-state index < -0.39 is 28.4 Å². The topological polar surface area (TPSA) is 85.7 Å². The molecule has 1 heterocycles. The molecule has 0 spiro atoms. The number of esters is 1. The summed E-state index contributed by atoms with van der Waals surface area (Å²) >= 11 is 12.3. The van der Waals surface area contributed by atoms with Crippen LogP contribution >= 0.6 is 23.2 Å². The normalized spacial score (nSPS) is 11.4. The lowest BCUT2D eigenvalue weighted by molar-refractivity contribution is 0.0603. The molecule has 0 unspecified atom stereocenters. The van der Waals surface area contributed by atoms with Crippen LogP contribution in [0.4, 0.5) is 5.69 Å². The SMILES string of the molecule is COC(=O)c1cn(C(=O)CN(c2ccc(Cl)cc2Cl)S(=O)(=O)c2ccccc2)c2ccccc12. The standard InChI is InChI=1S/C24H18Cl2N2O5S/c1-33-24(30)19-14-27(21-10-6-5-9-18(19)21)23(29)15-28(22-12-11-16(25)13-20(22)26)34(31,32)17-7-3-2-4-8-17/h2-14H,15H2,1H3. The van der Waals surface area contributed by atoms with Crippen molar-refractivity contribution >= 4 is 61.7 Å². The number of nitrogens with zero attached hydrogens (tertiary/aromatic N) is 2. The predicted octanol–water partition coefficient (Wildman–Crippen LogP) is 5.27. The molecule has 0 N–H and O–H groups in total. The first-order valence-electron chi connectivity index (χ1n) is 9.98. The number of carbonyl (C=O) groups is 2. The molecule has 0 saturated carbocycles. The van der Waals surface area contributed by atoms with Gasteiger partial charge in [0.05, 0.1) is 33.8 Å². The van der Waals surface area contributed by atoms with Crippen molar-refractivity contribution in [2.75, 3.05) is 18.0 Å². The molecule has 174 valence electrons. The van der Waals surface area contributed by atoms with Gasteiger partial charge in [0.25, 0.3) is 15.9 Å². The smallest absolute Gasteiger partial charge is 0.340 e. The van der Waals surface area contributed by atoms with Crippen LogP contribution in [0.25, 0.3) is 10.9 Å². The van der Waals surface area contributed by atoms with E-state index >= 15 is 0 Å². The lowest BCUT2D eigenvalue weighted by Crippen LogP contribution is -2.37. The maximum Gasteiger partial charge on any atom is 0.340 e. The molecule has 0 aliphatic carbocycles. The third kappa shape index (κ3) is 4.40. The van der Waals surface area contributed by atoms with E-state index in [0.29, 0.717) is 15.9 Å². The van der Waals surface area contributed by atoms with Gasteiger partial charge >= 0.3 is 5.97 Å². The van der Waals surface area contributed by atoms with Crippen LogP contribution in [0.2, 0.25) is 10.0 Å². The van der Waals surface area contributed by atoms with Gasteiger partial charge in [-0.1, -0.05) is 59.6 Å². The zero-order chi connectivity index (χ0) is 24.5. The quantitative estimate of drug-likeness (QED) is 0.326. The van der Waals surface area contributed by atoms with E-state index in [1.807, 2.05) is 0 Å². The number of benzene rings is 3. The fourth-order valence-corrected chi connectivity index (χ4v) is 5.58. The lowest BCUT2D eigenvalue weighted by Gasteiger charge is -2.25. The predicted molar refractivity (Wildman–Crippen MR) is 131 cm³/mol. The Bertz CT molecular complexity index is 1500. The van der Waals surface area contributed by atoms with Crippen LogP contribution in [-0.4, -0.2) is 38.5 Å². The van der Waals surface area contributed by atoms with Crippen LogP contribution in [0, 0.1) is 0 Å². The van der Waals surface area contributed by atoms with Crippen molar-refractivity contribution in [2.24, 2.45) is 0 Å². The van der Waals surface area contributed by atoms with Gasteiger partial charge in [0.2, 0.25) is 0 Å². The van der Waals surface area contributed by atoms with E-state index in [-0.39, 0.29) is 21.2 Å². The van der Waals surface area contributed by atoms with Gasteiger partial charge in [0.1, 0.15) is 6.54 Å². The largest absolute Gasteiger partial charge is 0.465 e. The first kappa shape index (κ1) is 23.8. The molecule has 0 aliphatic rings. The van der Waals surface area contributed by atoms with Crippen molar-refractivity contribution in [3.63, 3.8) is 0 Å². The fourth-order valence-electron chi connectivity index (χ4n) is 3.56. The van der Waals surface area contributed by atoms with Crippen LogP contribution in [0.15, 0.2) is 83.9 Å². The molecule has 1 aromatic heterocycles. The summed E-state index contributed by atoms with van der Waals surface area (Å²) in [6.07, 6.45) is 1.34. The summed E-state index contributed by atoms with van der Waals surface area (Å²) in [7, 11) is -2.94. The van der Waals surface area contributed by atoms with Crippen molar-refractivity contribution in [3.05, 3.63) is 94.6 Å². The van der Waals surface area contributed by atoms with E-state index in [4.69, 9.17) is 27.9 Å². The summed E-state index contributed by atoms with van der Waals surface area (Å²) in [6, 6.07) is 18.8. The summed E-state index contributed by atoms with van der Waals surface area (Å²) < 4.78 is 34.1. The van der Waals surface area contributed by atoms with E-state index in [2.05, 4.69) is 0 Å². The zero-order valence-corrected chi connectivity index (χ0v) is 20.1. The molecular formula is C24H18Cl2N2O5S. The van der Waals surface area contributed by atoms with E-state index in [9.17, 15) is 18.0 Å². The van der Waals surface area contributed by atoms with E-state index in [1.165, 1.54) is 48.2 Å². The number of methoxy groups -OCH3 is 1. The molecule has 3 aromatic carbocycles. The highest BCUT2D eigenvalue weighted by atomic mass is 35.5. The minimum atomic E-state index is -4.18. The Morgan fingerprint density at radius 1 is 0.971 bits per heavy atom. The number of hydrogen-bond donors (Lipinski definition) is 0. The second-order valence-electron chi connectivity index (χ2n) is 7.24. The van der Waals surface area contributed by atoms with E-state index in [1.54, 1.807) is 42.5 Å². The first-order valence-corrected chi connectivity index (χ1v) is 12.2. The molecule has 4 rings (SSSR count). The summed E-state index contributed by atoms with van der Waals surface area (Å²) in [5.41, 5.74) is 0.716. The third-order valence-corrected chi connectivity index (χ3v) is 7.49. The average molecular weight is 517 g/mol. The molecule has 0 fully saturated rings. The Morgan fingerprint density at radius 2 is 1.65 bits per heavy atom. The van der Waals surface area contributed by atoms with Gasteiger partial charge in [-0.05, 0) is 36.4 Å². The average Bonchev–Trinajstić information content (AvgIpc) is 3.23. The molecular weight excluding hydrogens is 499 g/mol. The van der Waals surface area contributed by atoms with Crippen LogP contribution in [0.5, 0.6) is 0 Å². The lowest BCUT2D eigenvalue weighted by atomic mass is 10.2. The number of halogens is 2. The number of rotatable bonds is 6. The molecule has 7 nitrogen and oxygen atoms in total. The molecule has 0 bridgehead atoms. The molecule has 4 aromatic rings. The number of sulfonamides is 1. The van der Waals surface area contributed by atoms with Crippen LogP contribution < -0.4 is 4.31 Å². The highest BCUT2D eigenvalue weighted by molar-refractivity contribution is 7.92. The Balaban J connectivity index is 1.83. The maximum atomic E-state index is 13.6. The van der Waals surface area contributed by atoms with Crippen molar-refractivity contribution in [2.45, 2.75) is 4.90 Å². The molecule has 0 atom stereocenters. The van der Waals surface area contributed by atoms with Crippen LogP contribution in [0.1, 0.15) is 15.2 Å². The van der Waals surface area contributed by atoms with Gasteiger partial charge in [-0.3, -0.25) is 13.7 Å². The second-order valence-corrected chi connectivity index (χ2v) is 9.94. The minimum Gasteiger partial charge on any atom is -0.465 e. The maximum absolute atomic E-state index is 13.6. The van der Waals surface area contributed by atoms with Crippen LogP contribution in [0.3, 0.4) is 0 Å². The van der Waals surface area contributed by atoms with Crippen molar-refractivity contribution < 1.29 is 22.7 Å². The number of aromatic nitrogens is 1. The van der Waals surface area contributed by atoms with Gasteiger partial charge < -0.3 is 4.74 Å². The number of para-hydroxylation sites is 1. The highest BCUT2D eigenvalue weighted by Gasteiger charge is 2.30. The summed E-state index contributed by atoms with van der Waals surface area (Å²) in [5.74, 6) is -1.21. The Labute approximate surface area is 206 Å². The zero-order valence-electron chi connectivity index (χ0n) is 17.8. The number of fused-ring (bicyclic) bond motifs is 1. The van der Waals surface area contributed by atoms with E-state index in [0.717, 1.165) is 4.31 Å². The third-order valence-electron chi connectivity index (χ3n) is 5.17. The molecule has 10 heteroatoms. The Kier molecular flexibility index (Phi) is 6.65. The van der Waals surface area contributed by atoms with Crippen molar-refractivity contribution in [1.29, 1.82) is 0 Å². The van der Waals surface area contributed by atoms with Crippen LogP contribution in [-0.2, 0) is 14.8 Å².